The molecular weight excluding hydrogens is 404 g/mol. The lowest BCUT2D eigenvalue weighted by Crippen LogP contribution is -2.23. The summed E-state index contributed by atoms with van der Waals surface area (Å²) < 4.78 is 12.3. The molecule has 7 heteroatoms. The Hall–Kier alpha value is -4.57. The number of amides is 1. The number of nitrogens with zero attached hydrogens (tertiary/aromatic N) is 3. The van der Waals surface area contributed by atoms with E-state index in [2.05, 4.69) is 5.32 Å². The van der Waals surface area contributed by atoms with Crippen molar-refractivity contribution < 1.29 is 13.9 Å². The average molecular weight is 424 g/mol. The summed E-state index contributed by atoms with van der Waals surface area (Å²) in [7, 11) is 1.60. The molecule has 2 aromatic heterocycles. The Morgan fingerprint density at radius 1 is 1.19 bits per heavy atom. The second-order valence-electron chi connectivity index (χ2n) is 6.88. The highest BCUT2D eigenvalue weighted by Gasteiger charge is 2.16. The highest BCUT2D eigenvalue weighted by Crippen LogP contribution is 2.28. The topological polar surface area (TPSA) is 93.1 Å². The molecule has 2 heterocycles. The van der Waals surface area contributed by atoms with Crippen molar-refractivity contribution in [3.05, 3.63) is 96.1 Å². The summed E-state index contributed by atoms with van der Waals surface area (Å²) in [5, 5.41) is 17.1. The third-order valence-electron chi connectivity index (χ3n) is 4.77. The maximum atomic E-state index is 12.6. The number of hydrogen-bond donors (Lipinski definition) is 1. The van der Waals surface area contributed by atoms with Gasteiger partial charge in [0, 0.05) is 17.3 Å². The highest BCUT2D eigenvalue weighted by atomic mass is 16.5. The minimum absolute atomic E-state index is 0.0340. The van der Waals surface area contributed by atoms with E-state index < -0.39 is 5.91 Å². The zero-order chi connectivity index (χ0) is 22.3. The summed E-state index contributed by atoms with van der Waals surface area (Å²) in [6.45, 7) is 0.191. The summed E-state index contributed by atoms with van der Waals surface area (Å²) in [5.41, 5.74) is 2.88. The molecule has 32 heavy (non-hydrogen) atoms. The fourth-order valence-corrected chi connectivity index (χ4v) is 3.18. The molecule has 0 aliphatic rings. The first-order valence-corrected chi connectivity index (χ1v) is 9.90. The van der Waals surface area contributed by atoms with Gasteiger partial charge in [-0.3, -0.25) is 4.79 Å². The van der Waals surface area contributed by atoms with E-state index in [1.54, 1.807) is 36.2 Å². The Kier molecular flexibility index (Phi) is 6.14. The Morgan fingerprint density at radius 2 is 2.03 bits per heavy atom. The van der Waals surface area contributed by atoms with Crippen molar-refractivity contribution in [3.63, 3.8) is 0 Å². The van der Waals surface area contributed by atoms with Crippen molar-refractivity contribution in [1.29, 1.82) is 5.26 Å². The monoisotopic (exact) mass is 424 g/mol. The van der Waals surface area contributed by atoms with Crippen LogP contribution in [0.4, 0.5) is 0 Å². The zero-order valence-electron chi connectivity index (χ0n) is 17.4. The second kappa shape index (κ2) is 9.49. The van der Waals surface area contributed by atoms with Crippen molar-refractivity contribution in [2.45, 2.75) is 6.54 Å². The molecule has 2 aromatic carbocycles. The van der Waals surface area contributed by atoms with Crippen LogP contribution >= 0.6 is 0 Å². The standard InChI is InChI=1S/C25H20N4O3/c1-31-22-10-5-7-18(14-22)24-20(17-29(28-24)21-8-3-2-4-9-21)13-19(15-26)25(30)27-16-23-11-6-12-32-23/h2-14,17H,16H2,1H3,(H,27,30)/b19-13-. The lowest BCUT2D eigenvalue weighted by molar-refractivity contribution is -0.117. The van der Waals surface area contributed by atoms with Crippen molar-refractivity contribution in [1.82, 2.24) is 15.1 Å². The van der Waals surface area contributed by atoms with Crippen LogP contribution in [0.5, 0.6) is 5.75 Å². The van der Waals surface area contributed by atoms with Crippen LogP contribution in [0.3, 0.4) is 0 Å². The minimum atomic E-state index is -0.493. The molecule has 7 nitrogen and oxygen atoms in total. The Balaban J connectivity index is 1.72. The summed E-state index contributed by atoms with van der Waals surface area (Å²) in [5.74, 6) is 0.793. The van der Waals surface area contributed by atoms with Gasteiger partial charge in [0.1, 0.15) is 28.8 Å². The number of ether oxygens (including phenoxy) is 1. The summed E-state index contributed by atoms with van der Waals surface area (Å²) in [6.07, 6.45) is 4.86. The molecule has 0 spiro atoms. The van der Waals surface area contributed by atoms with Crippen LogP contribution in [0.2, 0.25) is 0 Å². The number of nitriles is 1. The predicted molar refractivity (Wildman–Crippen MR) is 120 cm³/mol. The van der Waals surface area contributed by atoms with E-state index in [9.17, 15) is 10.1 Å². The van der Waals surface area contributed by atoms with E-state index in [1.807, 2.05) is 60.7 Å². The molecule has 1 amide bonds. The number of nitrogens with one attached hydrogen (secondary N) is 1. The van der Waals surface area contributed by atoms with E-state index in [1.165, 1.54) is 6.26 Å². The molecule has 4 rings (SSSR count). The van der Waals surface area contributed by atoms with E-state index in [4.69, 9.17) is 14.3 Å². The molecule has 0 radical (unpaired) electrons. The average Bonchev–Trinajstić information content (AvgIpc) is 3.52. The van der Waals surface area contributed by atoms with Crippen LogP contribution in [0.1, 0.15) is 11.3 Å². The number of para-hydroxylation sites is 1. The molecule has 0 saturated carbocycles. The lowest BCUT2D eigenvalue weighted by Gasteiger charge is -2.04. The number of carbonyl (C=O) groups is 1. The van der Waals surface area contributed by atoms with E-state index in [0.29, 0.717) is 22.8 Å². The molecular formula is C25H20N4O3. The van der Waals surface area contributed by atoms with Gasteiger partial charge in [-0.2, -0.15) is 10.4 Å². The van der Waals surface area contributed by atoms with E-state index in [0.717, 1.165) is 11.3 Å². The smallest absolute Gasteiger partial charge is 0.262 e. The van der Waals surface area contributed by atoms with Gasteiger partial charge < -0.3 is 14.5 Å². The molecule has 158 valence electrons. The quantitative estimate of drug-likeness (QED) is 0.351. The van der Waals surface area contributed by atoms with Crippen molar-refractivity contribution >= 4 is 12.0 Å². The van der Waals surface area contributed by atoms with Crippen LogP contribution in [0, 0.1) is 11.3 Å². The SMILES string of the molecule is COc1cccc(-c2nn(-c3ccccc3)cc2/C=C(/C#N)C(=O)NCc2ccco2)c1. The molecule has 0 saturated heterocycles. The molecule has 0 unspecified atom stereocenters. The maximum Gasteiger partial charge on any atom is 0.262 e. The van der Waals surface area contributed by atoms with Gasteiger partial charge in [0.05, 0.1) is 25.6 Å². The summed E-state index contributed by atoms with van der Waals surface area (Å²) in [6, 6.07) is 22.6. The van der Waals surface area contributed by atoms with Crippen molar-refractivity contribution in [2.24, 2.45) is 0 Å². The Morgan fingerprint density at radius 3 is 2.75 bits per heavy atom. The summed E-state index contributed by atoms with van der Waals surface area (Å²) in [4.78, 5) is 12.6. The number of methoxy groups -OCH3 is 1. The molecule has 0 aliphatic heterocycles. The largest absolute Gasteiger partial charge is 0.497 e. The third kappa shape index (κ3) is 4.60. The fraction of sp³-hybridized carbons (Fsp3) is 0.0800. The van der Waals surface area contributed by atoms with Gasteiger partial charge in [0.25, 0.3) is 5.91 Å². The first kappa shape index (κ1) is 20.7. The van der Waals surface area contributed by atoms with Gasteiger partial charge in [0.2, 0.25) is 0 Å². The molecule has 0 atom stereocenters. The number of aromatic nitrogens is 2. The van der Waals surface area contributed by atoms with Gasteiger partial charge in [-0.1, -0.05) is 30.3 Å². The Bertz CT molecular complexity index is 1280. The second-order valence-corrected chi connectivity index (χ2v) is 6.88. The van der Waals surface area contributed by atoms with Crippen LogP contribution in [0.25, 0.3) is 23.0 Å². The van der Waals surface area contributed by atoms with Gasteiger partial charge in [0.15, 0.2) is 0 Å². The zero-order valence-corrected chi connectivity index (χ0v) is 17.4. The van der Waals surface area contributed by atoms with Crippen LogP contribution in [-0.2, 0) is 11.3 Å². The minimum Gasteiger partial charge on any atom is -0.497 e. The van der Waals surface area contributed by atoms with E-state index >= 15 is 0 Å². The van der Waals surface area contributed by atoms with Gasteiger partial charge in [-0.25, -0.2) is 4.68 Å². The number of benzene rings is 2. The number of carbonyl (C=O) groups excluding carboxylic acids is 1. The fourth-order valence-electron chi connectivity index (χ4n) is 3.18. The highest BCUT2D eigenvalue weighted by molar-refractivity contribution is 6.02. The normalized spacial score (nSPS) is 11.1. The third-order valence-corrected chi connectivity index (χ3v) is 4.77. The molecule has 0 fully saturated rings. The molecule has 0 aliphatic carbocycles. The van der Waals surface area contributed by atoms with E-state index in [-0.39, 0.29) is 12.1 Å². The first-order valence-electron chi connectivity index (χ1n) is 9.90. The molecule has 0 bridgehead atoms. The maximum absolute atomic E-state index is 12.6. The van der Waals surface area contributed by atoms with Gasteiger partial charge in [-0.15, -0.1) is 0 Å². The lowest BCUT2D eigenvalue weighted by atomic mass is 10.1. The number of rotatable bonds is 7. The van der Waals surface area contributed by atoms with Crippen LogP contribution in [0.15, 0.2) is 89.2 Å². The van der Waals surface area contributed by atoms with Crippen molar-refractivity contribution in [3.8, 4) is 28.8 Å². The molecule has 1 N–H and O–H groups in total. The number of furan rings is 1. The van der Waals surface area contributed by atoms with Crippen molar-refractivity contribution in [2.75, 3.05) is 7.11 Å². The predicted octanol–water partition coefficient (Wildman–Crippen LogP) is 4.36. The summed E-state index contributed by atoms with van der Waals surface area (Å²) >= 11 is 0. The van der Waals surface area contributed by atoms with Gasteiger partial charge >= 0.3 is 0 Å². The molecule has 4 aromatic rings. The van der Waals surface area contributed by atoms with Crippen LogP contribution < -0.4 is 10.1 Å². The van der Waals surface area contributed by atoms with Crippen LogP contribution in [-0.4, -0.2) is 22.8 Å². The Labute approximate surface area is 185 Å². The number of hydrogen-bond acceptors (Lipinski definition) is 5. The first-order chi connectivity index (χ1) is 15.7. The van der Waals surface area contributed by atoms with Gasteiger partial charge in [-0.05, 0) is 42.5 Å².